The van der Waals surface area contributed by atoms with Gasteiger partial charge in [-0.2, -0.15) is 0 Å². The van der Waals surface area contributed by atoms with Crippen LogP contribution in [0, 0.1) is 0 Å². The number of amides is 1. The summed E-state index contributed by atoms with van der Waals surface area (Å²) < 4.78 is 0. The number of pyridine rings is 1. The van der Waals surface area contributed by atoms with Crippen LogP contribution in [0.1, 0.15) is 24.8 Å². The number of piperazine rings is 1. The van der Waals surface area contributed by atoms with Crippen LogP contribution in [-0.2, 0) is 11.3 Å². The lowest BCUT2D eigenvalue weighted by Crippen LogP contribution is -2.55. The van der Waals surface area contributed by atoms with Crippen LogP contribution >= 0.6 is 0 Å². The van der Waals surface area contributed by atoms with Gasteiger partial charge in [0.15, 0.2) is 0 Å². The fraction of sp³-hybridized carbons (Fsp3) is 0.407. The van der Waals surface area contributed by atoms with Gasteiger partial charge in [0, 0.05) is 74.6 Å². The molecular weight excluding hydrogens is 452 g/mol. The molecule has 36 heavy (non-hydrogen) atoms. The first-order valence-electron chi connectivity index (χ1n) is 12.8. The predicted molar refractivity (Wildman–Crippen MR) is 140 cm³/mol. The Balaban J connectivity index is 1.25. The second kappa shape index (κ2) is 10.2. The zero-order valence-electron chi connectivity index (χ0n) is 20.4. The normalized spacial score (nSPS) is 26.1. The zero-order valence-corrected chi connectivity index (χ0v) is 20.4. The Labute approximate surface area is 211 Å². The first kappa shape index (κ1) is 22.9. The topological polar surface area (TPSA) is 98.3 Å². The monoisotopic (exact) mass is 484 g/mol. The highest BCUT2D eigenvalue weighted by atomic mass is 16.2. The molecular formula is C27H32N8O. The lowest BCUT2D eigenvalue weighted by Gasteiger charge is -2.40. The third-order valence-electron chi connectivity index (χ3n) is 7.34. The molecule has 1 amide bonds. The molecule has 9 rings (SSSR count). The lowest BCUT2D eigenvalue weighted by atomic mass is 10.1. The van der Waals surface area contributed by atoms with E-state index in [1.807, 2.05) is 24.5 Å². The number of benzene rings is 1. The quantitative estimate of drug-likeness (QED) is 0.448. The molecule has 2 fully saturated rings. The van der Waals surface area contributed by atoms with Gasteiger partial charge >= 0.3 is 0 Å². The number of anilines is 3. The highest BCUT2D eigenvalue weighted by Gasteiger charge is 2.40. The second-order valence-electron chi connectivity index (χ2n) is 9.93. The smallest absolute Gasteiger partial charge is 0.234 e. The van der Waals surface area contributed by atoms with Gasteiger partial charge in [0.25, 0.3) is 0 Å². The van der Waals surface area contributed by atoms with E-state index in [0.717, 1.165) is 48.7 Å². The van der Waals surface area contributed by atoms with Gasteiger partial charge in [-0.3, -0.25) is 14.6 Å². The number of hydrogen-bond acceptors (Lipinski definition) is 8. The van der Waals surface area contributed by atoms with Crippen molar-refractivity contribution in [1.29, 1.82) is 0 Å². The lowest BCUT2D eigenvalue weighted by molar-refractivity contribution is -0.123. The Bertz CT molecular complexity index is 1200. The summed E-state index contributed by atoms with van der Waals surface area (Å²) in [5.41, 5.74) is 4.24. The third kappa shape index (κ3) is 5.17. The van der Waals surface area contributed by atoms with Crippen molar-refractivity contribution in [2.24, 2.45) is 0 Å². The zero-order chi connectivity index (χ0) is 24.3. The Morgan fingerprint density at radius 3 is 2.50 bits per heavy atom. The van der Waals surface area contributed by atoms with Crippen LogP contribution in [0.4, 0.5) is 17.5 Å². The van der Waals surface area contributed by atoms with Gasteiger partial charge in [-0.05, 0) is 54.7 Å². The van der Waals surface area contributed by atoms with Crippen LogP contribution in [0.3, 0.4) is 0 Å². The molecule has 0 radical (unpaired) electrons. The van der Waals surface area contributed by atoms with E-state index >= 15 is 0 Å². The fourth-order valence-electron chi connectivity index (χ4n) is 5.59. The van der Waals surface area contributed by atoms with Crippen LogP contribution in [0.5, 0.6) is 0 Å². The van der Waals surface area contributed by atoms with E-state index in [1.165, 1.54) is 18.4 Å². The molecule has 2 unspecified atom stereocenters. The van der Waals surface area contributed by atoms with Crippen molar-refractivity contribution < 1.29 is 4.79 Å². The maximum atomic E-state index is 12.5. The minimum absolute atomic E-state index is 0.107. The first-order valence-corrected chi connectivity index (χ1v) is 12.8. The molecule has 186 valence electrons. The summed E-state index contributed by atoms with van der Waals surface area (Å²) in [6.45, 7) is 4.64. The molecule has 3 aromatic rings. The number of carbonyl (C=O) groups excluding carboxylic acids is 1. The number of nitrogens with zero attached hydrogens (tertiary/aromatic N) is 5. The van der Waals surface area contributed by atoms with Crippen molar-refractivity contribution in [1.82, 2.24) is 30.1 Å². The van der Waals surface area contributed by atoms with E-state index in [2.05, 4.69) is 65.0 Å². The number of carbonyl (C=O) groups is 1. The Hall–Kier alpha value is -3.56. The molecule has 9 heteroatoms. The van der Waals surface area contributed by atoms with E-state index in [1.54, 1.807) is 6.20 Å². The number of hydrogen-bond donors (Lipinski definition) is 3. The second-order valence-corrected chi connectivity index (χ2v) is 9.93. The largest absolute Gasteiger partial charge is 0.355 e. The molecule has 6 aliphatic heterocycles. The van der Waals surface area contributed by atoms with E-state index in [4.69, 9.17) is 0 Å². The van der Waals surface area contributed by atoms with Crippen LogP contribution in [0.2, 0.25) is 0 Å². The van der Waals surface area contributed by atoms with Crippen molar-refractivity contribution in [2.75, 3.05) is 43.4 Å². The number of aromatic nitrogens is 3. The van der Waals surface area contributed by atoms with Crippen LogP contribution in [-0.4, -0.2) is 75.5 Å². The summed E-state index contributed by atoms with van der Waals surface area (Å²) in [5, 5.41) is 9.78. The molecule has 8 heterocycles. The van der Waals surface area contributed by atoms with E-state index in [9.17, 15) is 4.79 Å². The summed E-state index contributed by atoms with van der Waals surface area (Å²) >= 11 is 0. The average Bonchev–Trinajstić information content (AvgIpc) is 3.11. The van der Waals surface area contributed by atoms with Gasteiger partial charge in [-0.15, -0.1) is 0 Å². The number of rotatable bonds is 0. The minimum Gasteiger partial charge on any atom is -0.355 e. The van der Waals surface area contributed by atoms with Gasteiger partial charge in [0.05, 0.1) is 6.54 Å². The molecule has 1 aromatic carbocycles. The molecule has 6 aliphatic rings. The highest BCUT2D eigenvalue weighted by Crippen LogP contribution is 2.32. The van der Waals surface area contributed by atoms with Crippen LogP contribution in [0.25, 0.3) is 11.1 Å². The SMILES string of the molecule is O=C1CN2CC3CCC(C2)N3Cc2cccc(c2)Nc2cc(ccn2)-c2cnc(nc2)NCCCN1. The summed E-state index contributed by atoms with van der Waals surface area (Å²) in [6, 6.07) is 13.6. The van der Waals surface area contributed by atoms with Crippen LogP contribution < -0.4 is 16.0 Å². The molecule has 0 saturated carbocycles. The molecule has 2 saturated heterocycles. The average molecular weight is 485 g/mol. The summed E-state index contributed by atoms with van der Waals surface area (Å²) in [5.74, 6) is 1.48. The molecule has 2 aromatic heterocycles. The molecule has 10 bridgehead atoms. The summed E-state index contributed by atoms with van der Waals surface area (Å²) in [6.07, 6.45) is 8.66. The standard InChI is InChI=1S/C27H32N8O/c36-26-18-34-16-23-5-6-24(17-34)35(23)15-19-3-1-4-22(11-19)33-25-12-20(7-10-28-25)21-13-31-27(32-14-21)30-9-2-8-29-26/h1,3-4,7,10-14,23-24H,2,5-6,8-9,15-18H2,(H,28,33)(H,29,36)(H,30,31,32). The fourth-order valence-corrected chi connectivity index (χ4v) is 5.59. The van der Waals surface area contributed by atoms with Crippen LogP contribution in [0.15, 0.2) is 55.0 Å². The van der Waals surface area contributed by atoms with E-state index < -0.39 is 0 Å². The van der Waals surface area contributed by atoms with Crippen molar-refractivity contribution in [3.8, 4) is 11.1 Å². The van der Waals surface area contributed by atoms with Gasteiger partial charge in [-0.1, -0.05) is 12.1 Å². The molecule has 2 atom stereocenters. The maximum Gasteiger partial charge on any atom is 0.234 e. The van der Waals surface area contributed by atoms with Gasteiger partial charge in [-0.25, -0.2) is 15.0 Å². The minimum atomic E-state index is 0.107. The van der Waals surface area contributed by atoms with Crippen molar-refractivity contribution in [3.63, 3.8) is 0 Å². The maximum absolute atomic E-state index is 12.5. The Kier molecular flexibility index (Phi) is 6.48. The van der Waals surface area contributed by atoms with Gasteiger partial charge in [0.2, 0.25) is 11.9 Å². The van der Waals surface area contributed by atoms with E-state index in [-0.39, 0.29) is 5.91 Å². The molecule has 0 spiro atoms. The highest BCUT2D eigenvalue weighted by molar-refractivity contribution is 5.78. The summed E-state index contributed by atoms with van der Waals surface area (Å²) in [4.78, 5) is 30.9. The van der Waals surface area contributed by atoms with Gasteiger partial charge in [0.1, 0.15) is 5.82 Å². The van der Waals surface area contributed by atoms with Crippen molar-refractivity contribution in [3.05, 3.63) is 60.6 Å². The summed E-state index contributed by atoms with van der Waals surface area (Å²) in [7, 11) is 0. The molecule has 3 N–H and O–H groups in total. The third-order valence-corrected chi connectivity index (χ3v) is 7.34. The van der Waals surface area contributed by atoms with Crippen molar-refractivity contribution in [2.45, 2.75) is 37.9 Å². The van der Waals surface area contributed by atoms with E-state index in [0.29, 0.717) is 37.7 Å². The predicted octanol–water partition coefficient (Wildman–Crippen LogP) is 2.86. The molecule has 0 aliphatic carbocycles. The number of nitrogens with one attached hydrogen (secondary N) is 3. The Morgan fingerprint density at radius 1 is 0.861 bits per heavy atom. The first-order chi connectivity index (χ1) is 17.7. The van der Waals surface area contributed by atoms with Crippen molar-refractivity contribution >= 4 is 23.4 Å². The molecule has 9 nitrogen and oxygen atoms in total. The Morgan fingerprint density at radius 2 is 1.67 bits per heavy atom. The van der Waals surface area contributed by atoms with Gasteiger partial charge < -0.3 is 16.0 Å².